The first kappa shape index (κ1) is 69.2. The van der Waals surface area contributed by atoms with E-state index in [1.54, 1.807) is 48.5 Å². The van der Waals surface area contributed by atoms with Crippen LogP contribution < -0.4 is 10.6 Å². The van der Waals surface area contributed by atoms with E-state index in [9.17, 15) is 28.8 Å². The molecule has 0 saturated carbocycles. The molecule has 4 aromatic carbocycles. The monoisotopic (exact) mass is 1250 g/mol. The number of ether oxygens (including phenoxy) is 6. The van der Waals surface area contributed by atoms with Crippen LogP contribution in [0.1, 0.15) is 142 Å². The topological polar surface area (TPSA) is 188 Å². The molecule has 0 radical (unpaired) electrons. The van der Waals surface area contributed by atoms with Crippen molar-refractivity contribution in [3.05, 3.63) is 140 Å². The third kappa shape index (κ3) is 22.0. The van der Waals surface area contributed by atoms with E-state index in [4.69, 9.17) is 34.8 Å². The molecule has 6 rings (SSSR count). The van der Waals surface area contributed by atoms with E-state index < -0.39 is 58.9 Å². The van der Waals surface area contributed by atoms with Crippen molar-refractivity contribution in [2.24, 2.45) is 10.8 Å². The molecule has 2 unspecified atom stereocenters. The van der Waals surface area contributed by atoms with Crippen LogP contribution in [0.4, 0.5) is 0 Å². The summed E-state index contributed by atoms with van der Waals surface area (Å²) in [5.74, 6) is 5.75. The molecule has 2 aliphatic heterocycles. The zero-order valence-electron chi connectivity index (χ0n) is 50.5. The molecule has 2 heterocycles. The zero-order chi connectivity index (χ0) is 61.4. The van der Waals surface area contributed by atoms with Crippen LogP contribution in [0.15, 0.2) is 97.1 Å². The minimum atomic E-state index is -1.76. The molecule has 0 bridgehead atoms. The number of carbonyl (C=O) groups is 6. The van der Waals surface area contributed by atoms with Gasteiger partial charge in [-0.2, -0.15) is 0 Å². The maximum absolute atomic E-state index is 13.4. The summed E-state index contributed by atoms with van der Waals surface area (Å²) < 4.78 is 34.5. The normalized spacial score (nSPS) is 16.4. The van der Waals surface area contributed by atoms with Crippen LogP contribution in [-0.2, 0) is 60.8 Å². The average molecular weight is 1250 g/mol. The molecule has 16 nitrogen and oxygen atoms in total. The maximum Gasteiger partial charge on any atom is 0.254 e. The van der Waals surface area contributed by atoms with Gasteiger partial charge in [0.05, 0.1) is 26.4 Å². The Morgan fingerprint density at radius 1 is 0.554 bits per heavy atom. The molecule has 0 spiro atoms. The van der Waals surface area contributed by atoms with Gasteiger partial charge in [0, 0.05) is 72.8 Å². The van der Waals surface area contributed by atoms with Crippen molar-refractivity contribution in [3.63, 3.8) is 0 Å². The number of nitrogens with one attached hydrogen (secondary N) is 2. The van der Waals surface area contributed by atoms with Crippen molar-refractivity contribution in [3.8, 4) is 24.2 Å². The molecule has 4 atom stereocenters. The third-order valence-electron chi connectivity index (χ3n) is 13.7. The highest BCUT2D eigenvalue weighted by Crippen LogP contribution is 2.24. The smallest absolute Gasteiger partial charge is 0.254 e. The molecule has 2 aliphatic rings. The number of likely N-dealkylation sites (N-methyl/N-ethyl adjacent to an activating group) is 4. The van der Waals surface area contributed by atoms with Gasteiger partial charge < -0.3 is 48.9 Å². The molecular formula is C66H85IN4O12. The molecule has 17 heteroatoms. The van der Waals surface area contributed by atoms with Crippen molar-refractivity contribution in [1.82, 2.24) is 20.4 Å². The minimum Gasteiger partial charge on any atom is -0.376 e. The molecule has 4 aromatic rings. The summed E-state index contributed by atoms with van der Waals surface area (Å²) in [6, 6.07) is 29.5. The highest BCUT2D eigenvalue weighted by Gasteiger charge is 2.48. The molecule has 0 aromatic heterocycles. The molecule has 4 amide bonds. The van der Waals surface area contributed by atoms with Crippen LogP contribution in [-0.4, -0.2) is 136 Å². The SMILES string of the molecule is C#Cc1ccc(COCC(C)(C)C)cc1.CNC(=O)[C@@](C)(C(=O)COC1CCCCO1)N(C)C(=O)c1ccc(C#Cc2ccc(COCC(C)(C)C)cc2)cc1.CNC(=O)[C@@](C)(C(=O)COC1CCCCO1)N(C)C(=O)c1ccc(I)cc1. The second-order valence-electron chi connectivity index (χ2n) is 23.1. The van der Waals surface area contributed by atoms with E-state index in [0.29, 0.717) is 57.0 Å². The molecule has 0 aliphatic carbocycles. The summed E-state index contributed by atoms with van der Waals surface area (Å²) in [7, 11) is 5.75. The van der Waals surface area contributed by atoms with E-state index in [0.717, 1.165) is 63.0 Å². The fourth-order valence-corrected chi connectivity index (χ4v) is 8.64. The van der Waals surface area contributed by atoms with Crippen LogP contribution in [0.25, 0.3) is 0 Å². The first-order valence-electron chi connectivity index (χ1n) is 28.0. The predicted molar refractivity (Wildman–Crippen MR) is 329 cm³/mol. The second-order valence-corrected chi connectivity index (χ2v) is 24.3. The highest BCUT2D eigenvalue weighted by atomic mass is 127. The maximum atomic E-state index is 13.4. The van der Waals surface area contributed by atoms with Crippen LogP contribution in [0.5, 0.6) is 0 Å². The van der Waals surface area contributed by atoms with Crippen molar-refractivity contribution >= 4 is 57.8 Å². The number of halogens is 1. The number of Topliss-reactive ketones (excluding diaryl/α,β-unsaturated/α-hetero) is 2. The quantitative estimate of drug-likeness (QED) is 0.0485. The first-order valence-corrected chi connectivity index (χ1v) is 29.0. The summed E-state index contributed by atoms with van der Waals surface area (Å²) in [5.41, 5.74) is 2.38. The van der Waals surface area contributed by atoms with Gasteiger partial charge >= 0.3 is 0 Å². The Kier molecular flexibility index (Phi) is 27.7. The third-order valence-corrected chi connectivity index (χ3v) is 14.4. The van der Waals surface area contributed by atoms with Gasteiger partial charge in [-0.15, -0.1) is 6.42 Å². The number of ketones is 2. The van der Waals surface area contributed by atoms with Gasteiger partial charge in [-0.05, 0) is 170 Å². The lowest BCUT2D eigenvalue weighted by molar-refractivity contribution is -0.174. The zero-order valence-corrected chi connectivity index (χ0v) is 52.7. The van der Waals surface area contributed by atoms with E-state index in [1.165, 1.54) is 52.5 Å². The van der Waals surface area contributed by atoms with Gasteiger partial charge in [0.15, 0.2) is 35.2 Å². The van der Waals surface area contributed by atoms with E-state index in [-0.39, 0.29) is 24.0 Å². The lowest BCUT2D eigenvalue weighted by Crippen LogP contribution is -2.62. The van der Waals surface area contributed by atoms with Crippen LogP contribution >= 0.6 is 22.6 Å². The Bertz CT molecular complexity index is 2850. The number of carbonyl (C=O) groups excluding carboxylic acids is 6. The summed E-state index contributed by atoms with van der Waals surface area (Å²) in [6.45, 7) is 19.0. The Labute approximate surface area is 505 Å². The van der Waals surface area contributed by atoms with Gasteiger partial charge in [-0.1, -0.05) is 83.6 Å². The van der Waals surface area contributed by atoms with Crippen molar-refractivity contribution in [2.45, 2.75) is 131 Å². The fourth-order valence-electron chi connectivity index (χ4n) is 8.28. The predicted octanol–water partition coefficient (Wildman–Crippen LogP) is 9.55. The van der Waals surface area contributed by atoms with Crippen LogP contribution in [0.2, 0.25) is 0 Å². The van der Waals surface area contributed by atoms with Gasteiger partial charge in [0.2, 0.25) is 0 Å². The second kappa shape index (κ2) is 33.3. The molecule has 83 heavy (non-hydrogen) atoms. The van der Waals surface area contributed by atoms with Crippen molar-refractivity contribution < 1.29 is 57.2 Å². The van der Waals surface area contributed by atoms with Gasteiger partial charge in [-0.25, -0.2) is 0 Å². The number of nitrogens with zero attached hydrogens (tertiary/aromatic N) is 2. The van der Waals surface area contributed by atoms with Crippen molar-refractivity contribution in [1.29, 1.82) is 0 Å². The lowest BCUT2D eigenvalue weighted by Gasteiger charge is -2.36. The highest BCUT2D eigenvalue weighted by molar-refractivity contribution is 14.1. The number of hydrogen-bond donors (Lipinski definition) is 2. The molecule has 2 saturated heterocycles. The fraction of sp³-hybridized carbons (Fsp3) is 0.485. The van der Waals surface area contributed by atoms with E-state index in [1.807, 2.05) is 48.5 Å². The average Bonchev–Trinajstić information content (AvgIpc) is 3.54. The Morgan fingerprint density at radius 3 is 1.23 bits per heavy atom. The number of benzene rings is 4. The van der Waals surface area contributed by atoms with Gasteiger partial charge in [0.25, 0.3) is 23.6 Å². The number of terminal acetylenes is 1. The lowest BCUT2D eigenvalue weighted by atomic mass is 9.92. The minimum absolute atomic E-state index is 0.126. The summed E-state index contributed by atoms with van der Waals surface area (Å²) >= 11 is 2.14. The number of hydrogen-bond acceptors (Lipinski definition) is 12. The molecule has 448 valence electrons. The number of amides is 4. The molecule has 2 fully saturated rings. The first-order chi connectivity index (χ1) is 39.2. The Hall–Kier alpha value is -6.29. The standard InChI is InChI=1S/C33H42N2O6.C19H25IN2O5.C14H18O/c1-32(2,3)23-39-21-26-14-12-24(13-15-26)10-11-25-16-18-27(19-17-25)30(37)35(6)33(4,31(38)34-5)28(36)22-41-29-9-7-8-20-40-29;1-19(18(25)21-2,15(23)12-27-16-6-4-5-11-26-16)22(3)17(24)13-7-9-14(20)10-8-13;1-5-12-6-8-13(9-7-12)10-15-11-14(2,3)4/h12-19,29H,7-9,20-23H2,1-6H3,(H,34,38);7-10,16H,4-6,11-12H2,1-3H3,(H,21,25);1,6-9H,10-11H2,2-4H3/t29?,33-;16?,19-;/m11./s1. The summed E-state index contributed by atoms with van der Waals surface area (Å²) in [6.07, 6.45) is 9.57. The largest absolute Gasteiger partial charge is 0.376 e. The van der Waals surface area contributed by atoms with Crippen LogP contribution in [0.3, 0.4) is 0 Å². The Morgan fingerprint density at radius 2 is 0.904 bits per heavy atom. The molecular weight excluding hydrogens is 1170 g/mol. The Balaban J connectivity index is 0.000000300. The van der Waals surface area contributed by atoms with Gasteiger partial charge in [0.1, 0.15) is 13.2 Å². The number of rotatable bonds is 20. The van der Waals surface area contributed by atoms with Gasteiger partial charge in [-0.3, -0.25) is 28.8 Å². The summed E-state index contributed by atoms with van der Waals surface area (Å²) in [4.78, 5) is 80.1. The van der Waals surface area contributed by atoms with Crippen molar-refractivity contribution in [2.75, 3.05) is 67.8 Å². The molecule has 2 N–H and O–H groups in total. The van der Waals surface area contributed by atoms with E-state index >= 15 is 0 Å². The van der Waals surface area contributed by atoms with Crippen LogP contribution in [0, 0.1) is 38.6 Å². The summed E-state index contributed by atoms with van der Waals surface area (Å²) in [5, 5.41) is 4.99. The van der Waals surface area contributed by atoms with E-state index in [2.05, 4.69) is 92.5 Å².